The minimum Gasteiger partial charge on any atom is -0.342 e. The highest BCUT2D eigenvalue weighted by molar-refractivity contribution is 5.81. The second-order valence-electron chi connectivity index (χ2n) is 4.72. The van der Waals surface area contributed by atoms with Crippen LogP contribution in [0.25, 0.3) is 0 Å². The maximum atomic E-state index is 12.8. The molecule has 3 heteroatoms. The Balaban J connectivity index is 2.50. The molecule has 0 bridgehead atoms. The van der Waals surface area contributed by atoms with Crippen molar-refractivity contribution in [2.75, 3.05) is 13.1 Å². The molecular formula is C10H18FNO. The van der Waals surface area contributed by atoms with Crippen molar-refractivity contribution in [3.8, 4) is 0 Å². The van der Waals surface area contributed by atoms with Gasteiger partial charge in [0.1, 0.15) is 6.17 Å². The number of hydrogen-bond donors (Lipinski definition) is 0. The minimum atomic E-state index is -0.705. The van der Waals surface area contributed by atoms with E-state index in [1.165, 1.54) is 0 Å². The van der Waals surface area contributed by atoms with Gasteiger partial charge < -0.3 is 4.90 Å². The van der Waals surface area contributed by atoms with Crippen LogP contribution < -0.4 is 0 Å². The summed E-state index contributed by atoms with van der Waals surface area (Å²) in [5.41, 5.74) is -0.330. The topological polar surface area (TPSA) is 20.3 Å². The molecule has 0 aromatic heterocycles. The number of hydrogen-bond acceptors (Lipinski definition) is 1. The lowest BCUT2D eigenvalue weighted by Crippen LogP contribution is -2.44. The molecule has 13 heavy (non-hydrogen) atoms. The quantitative estimate of drug-likeness (QED) is 0.568. The van der Waals surface area contributed by atoms with Crippen molar-refractivity contribution >= 4 is 5.91 Å². The standard InChI is InChI=1S/C10H18FNO/c1-10(2,3)9(13)12-6-4-8(11)5-7-12/h8H,4-7H2,1-3H3. The Hall–Kier alpha value is -0.600. The van der Waals surface area contributed by atoms with Crippen LogP contribution in [0, 0.1) is 5.41 Å². The third kappa shape index (κ3) is 2.68. The fraction of sp³-hybridized carbons (Fsp3) is 0.900. The number of carbonyl (C=O) groups is 1. The molecule has 0 aliphatic carbocycles. The summed E-state index contributed by atoms with van der Waals surface area (Å²) in [7, 11) is 0. The number of alkyl halides is 1. The lowest BCUT2D eigenvalue weighted by molar-refractivity contribution is -0.140. The molecule has 0 aromatic rings. The highest BCUT2D eigenvalue weighted by Crippen LogP contribution is 2.21. The molecule has 2 nitrogen and oxygen atoms in total. The summed E-state index contributed by atoms with van der Waals surface area (Å²) in [6.45, 7) is 6.86. The van der Waals surface area contributed by atoms with Crippen LogP contribution in [0.15, 0.2) is 0 Å². The van der Waals surface area contributed by atoms with E-state index in [1.807, 2.05) is 20.8 Å². The average Bonchev–Trinajstić information content (AvgIpc) is 2.03. The van der Waals surface area contributed by atoms with Crippen LogP contribution >= 0.6 is 0 Å². The first-order valence-corrected chi connectivity index (χ1v) is 4.84. The Morgan fingerprint density at radius 1 is 1.31 bits per heavy atom. The van der Waals surface area contributed by atoms with Gasteiger partial charge in [0, 0.05) is 18.5 Å². The number of rotatable bonds is 0. The molecule has 0 spiro atoms. The SMILES string of the molecule is CC(C)(C)C(=O)N1CCC(F)CC1. The molecule has 1 fully saturated rings. The highest BCUT2D eigenvalue weighted by Gasteiger charge is 2.29. The third-order valence-electron chi connectivity index (χ3n) is 2.35. The van der Waals surface area contributed by atoms with Crippen LogP contribution in [0.3, 0.4) is 0 Å². The number of carbonyl (C=O) groups excluding carboxylic acids is 1. The second kappa shape index (κ2) is 3.64. The van der Waals surface area contributed by atoms with Crippen molar-refractivity contribution in [3.05, 3.63) is 0 Å². The Morgan fingerprint density at radius 2 is 1.77 bits per heavy atom. The molecule has 0 atom stereocenters. The third-order valence-corrected chi connectivity index (χ3v) is 2.35. The predicted octanol–water partition coefficient (Wildman–Crippen LogP) is 1.99. The van der Waals surface area contributed by atoms with E-state index in [0.717, 1.165) is 0 Å². The van der Waals surface area contributed by atoms with Gasteiger partial charge in [-0.2, -0.15) is 0 Å². The molecule has 1 amide bonds. The zero-order chi connectivity index (χ0) is 10.1. The summed E-state index contributed by atoms with van der Waals surface area (Å²) in [4.78, 5) is 13.5. The van der Waals surface area contributed by atoms with Crippen molar-refractivity contribution in [2.24, 2.45) is 5.41 Å². The number of nitrogens with zero attached hydrogens (tertiary/aromatic N) is 1. The van der Waals surface area contributed by atoms with Crippen LogP contribution in [-0.4, -0.2) is 30.1 Å². The number of amides is 1. The number of likely N-dealkylation sites (tertiary alicyclic amines) is 1. The van der Waals surface area contributed by atoms with Crippen LogP contribution in [0.1, 0.15) is 33.6 Å². The van der Waals surface area contributed by atoms with E-state index in [1.54, 1.807) is 4.90 Å². The van der Waals surface area contributed by atoms with Gasteiger partial charge in [0.2, 0.25) is 5.91 Å². The Labute approximate surface area is 79.1 Å². The van der Waals surface area contributed by atoms with Crippen molar-refractivity contribution in [2.45, 2.75) is 39.8 Å². The molecule has 76 valence electrons. The molecule has 0 saturated carbocycles. The molecule has 1 aliphatic rings. The molecule has 0 aromatic carbocycles. The van der Waals surface area contributed by atoms with E-state index >= 15 is 0 Å². The van der Waals surface area contributed by atoms with Gasteiger partial charge in [-0.3, -0.25) is 4.79 Å². The zero-order valence-electron chi connectivity index (χ0n) is 8.64. The first-order valence-electron chi connectivity index (χ1n) is 4.84. The second-order valence-corrected chi connectivity index (χ2v) is 4.72. The average molecular weight is 187 g/mol. The van der Waals surface area contributed by atoms with Gasteiger partial charge in [0.15, 0.2) is 0 Å². The van der Waals surface area contributed by atoms with Gasteiger partial charge in [0.05, 0.1) is 0 Å². The summed E-state index contributed by atoms with van der Waals surface area (Å²) in [6, 6.07) is 0. The van der Waals surface area contributed by atoms with Gasteiger partial charge in [-0.15, -0.1) is 0 Å². The number of halogens is 1. The Kier molecular flexibility index (Phi) is 2.94. The van der Waals surface area contributed by atoms with Crippen molar-refractivity contribution in [3.63, 3.8) is 0 Å². The van der Waals surface area contributed by atoms with E-state index in [-0.39, 0.29) is 11.3 Å². The predicted molar refractivity (Wildman–Crippen MR) is 50.2 cm³/mol. The van der Waals surface area contributed by atoms with E-state index in [9.17, 15) is 9.18 Å². The summed E-state index contributed by atoms with van der Waals surface area (Å²) < 4.78 is 12.8. The molecule has 0 unspecified atom stereocenters. The highest BCUT2D eigenvalue weighted by atomic mass is 19.1. The van der Waals surface area contributed by atoms with E-state index in [4.69, 9.17) is 0 Å². The normalized spacial score (nSPS) is 20.5. The lowest BCUT2D eigenvalue weighted by Gasteiger charge is -2.33. The van der Waals surface area contributed by atoms with Crippen molar-refractivity contribution in [1.82, 2.24) is 4.90 Å². The van der Waals surface area contributed by atoms with E-state index in [0.29, 0.717) is 25.9 Å². The van der Waals surface area contributed by atoms with Crippen LogP contribution in [-0.2, 0) is 4.79 Å². The maximum Gasteiger partial charge on any atom is 0.227 e. The molecule has 1 saturated heterocycles. The first kappa shape index (κ1) is 10.5. The monoisotopic (exact) mass is 187 g/mol. The molecule has 0 N–H and O–H groups in total. The smallest absolute Gasteiger partial charge is 0.227 e. The van der Waals surface area contributed by atoms with Crippen LogP contribution in [0.2, 0.25) is 0 Å². The largest absolute Gasteiger partial charge is 0.342 e. The molecule has 1 aliphatic heterocycles. The summed E-state index contributed by atoms with van der Waals surface area (Å²) in [5, 5.41) is 0. The van der Waals surface area contributed by atoms with Crippen LogP contribution in [0.4, 0.5) is 4.39 Å². The van der Waals surface area contributed by atoms with Crippen LogP contribution in [0.5, 0.6) is 0 Å². The number of piperidine rings is 1. The van der Waals surface area contributed by atoms with Crippen molar-refractivity contribution in [1.29, 1.82) is 0 Å². The fourth-order valence-corrected chi connectivity index (χ4v) is 1.53. The molecule has 0 radical (unpaired) electrons. The Morgan fingerprint density at radius 3 is 2.15 bits per heavy atom. The summed E-state index contributed by atoms with van der Waals surface area (Å²) in [6.07, 6.45) is 0.299. The van der Waals surface area contributed by atoms with Gasteiger partial charge in [-0.05, 0) is 12.8 Å². The minimum absolute atomic E-state index is 0.138. The molecular weight excluding hydrogens is 169 g/mol. The maximum absolute atomic E-state index is 12.8. The fourth-order valence-electron chi connectivity index (χ4n) is 1.53. The zero-order valence-corrected chi connectivity index (χ0v) is 8.64. The lowest BCUT2D eigenvalue weighted by atomic mass is 9.93. The summed E-state index contributed by atoms with van der Waals surface area (Å²) >= 11 is 0. The summed E-state index contributed by atoms with van der Waals surface area (Å²) in [5.74, 6) is 0.138. The Bertz CT molecular complexity index is 190. The van der Waals surface area contributed by atoms with E-state index in [2.05, 4.69) is 0 Å². The van der Waals surface area contributed by atoms with E-state index < -0.39 is 6.17 Å². The van der Waals surface area contributed by atoms with Gasteiger partial charge in [-0.1, -0.05) is 20.8 Å². The molecule has 1 rings (SSSR count). The van der Waals surface area contributed by atoms with Gasteiger partial charge in [-0.25, -0.2) is 4.39 Å². The van der Waals surface area contributed by atoms with Gasteiger partial charge in [0.25, 0.3) is 0 Å². The molecule has 1 heterocycles. The van der Waals surface area contributed by atoms with Gasteiger partial charge >= 0.3 is 0 Å². The first-order chi connectivity index (χ1) is 5.91. The van der Waals surface area contributed by atoms with Crippen molar-refractivity contribution < 1.29 is 9.18 Å².